The topological polar surface area (TPSA) is 86.8 Å². The van der Waals surface area contributed by atoms with Crippen molar-refractivity contribution < 1.29 is 18.0 Å². The van der Waals surface area contributed by atoms with Crippen LogP contribution in [0.3, 0.4) is 0 Å². The zero-order valence-electron chi connectivity index (χ0n) is 12.0. The Labute approximate surface area is 123 Å². The van der Waals surface area contributed by atoms with Crippen molar-refractivity contribution in [2.45, 2.75) is 17.4 Å². The molecular weight excluding hydrogens is 294 g/mol. The molecule has 1 aromatic carbocycles. The maximum Gasteiger partial charge on any atom is 0.251 e. The summed E-state index contributed by atoms with van der Waals surface area (Å²) >= 11 is 0. The van der Waals surface area contributed by atoms with Crippen LogP contribution >= 0.6 is 0 Å². The van der Waals surface area contributed by atoms with Crippen LogP contribution < -0.4 is 5.32 Å². The molecule has 0 aliphatic carbocycles. The first-order valence-corrected chi connectivity index (χ1v) is 7.77. The first-order chi connectivity index (χ1) is 9.75. The Bertz CT molecular complexity index is 684. The summed E-state index contributed by atoms with van der Waals surface area (Å²) in [6.45, 7) is 0. The van der Waals surface area contributed by atoms with E-state index >= 15 is 0 Å². The molecule has 0 bridgehead atoms. The minimum Gasteiger partial charge on any atom is -0.372 e. The number of nitrogens with zero attached hydrogens (tertiary/aromatic N) is 2. The number of sulfonamides is 1. The van der Waals surface area contributed by atoms with Crippen LogP contribution in [0.4, 0.5) is 5.69 Å². The average molecular weight is 311 g/mol. The number of benzene rings is 1. The number of hydrogen-bond donors (Lipinski definition) is 1. The van der Waals surface area contributed by atoms with Crippen LogP contribution in [-0.4, -0.2) is 56.6 Å². The molecule has 1 saturated heterocycles. The highest BCUT2D eigenvalue weighted by Crippen LogP contribution is 2.25. The highest BCUT2D eigenvalue weighted by molar-refractivity contribution is 7.89. The van der Waals surface area contributed by atoms with Crippen molar-refractivity contribution in [3.63, 3.8) is 0 Å². The molecule has 1 fully saturated rings. The van der Waals surface area contributed by atoms with Crippen LogP contribution in [0.15, 0.2) is 29.2 Å². The van der Waals surface area contributed by atoms with Gasteiger partial charge in [0.15, 0.2) is 0 Å². The SMILES string of the molecule is CN1C(=O)CC(Nc2ccccc2S(=O)(=O)N(C)C)C1=O. The lowest BCUT2D eigenvalue weighted by Crippen LogP contribution is -2.32. The lowest BCUT2D eigenvalue weighted by molar-refractivity contribution is -0.136. The largest absolute Gasteiger partial charge is 0.372 e. The van der Waals surface area contributed by atoms with Gasteiger partial charge in [-0.25, -0.2) is 12.7 Å². The van der Waals surface area contributed by atoms with Crippen LogP contribution in [0.1, 0.15) is 6.42 Å². The Morgan fingerprint density at radius 1 is 1.24 bits per heavy atom. The maximum absolute atomic E-state index is 12.3. The summed E-state index contributed by atoms with van der Waals surface area (Å²) in [5, 5.41) is 2.86. The summed E-state index contributed by atoms with van der Waals surface area (Å²) in [4.78, 5) is 24.5. The zero-order valence-corrected chi connectivity index (χ0v) is 12.8. The standard InChI is InChI=1S/C13H17N3O4S/c1-15(2)21(19,20)11-7-5-4-6-9(11)14-10-8-12(17)16(3)13(10)18/h4-7,10,14H,8H2,1-3H3. The molecule has 1 aliphatic heterocycles. The normalized spacial score (nSPS) is 19.4. The monoisotopic (exact) mass is 311 g/mol. The molecule has 7 nitrogen and oxygen atoms in total. The first kappa shape index (κ1) is 15.5. The lowest BCUT2D eigenvalue weighted by atomic mass is 10.2. The van der Waals surface area contributed by atoms with Crippen molar-refractivity contribution in [2.75, 3.05) is 26.5 Å². The van der Waals surface area contributed by atoms with Crippen molar-refractivity contribution >= 4 is 27.5 Å². The van der Waals surface area contributed by atoms with Crippen LogP contribution in [0.25, 0.3) is 0 Å². The molecule has 0 radical (unpaired) electrons. The van der Waals surface area contributed by atoms with Crippen molar-refractivity contribution in [1.82, 2.24) is 9.21 Å². The highest BCUT2D eigenvalue weighted by Gasteiger charge is 2.36. The molecule has 21 heavy (non-hydrogen) atoms. The Hall–Kier alpha value is -1.93. The number of rotatable bonds is 4. The molecule has 1 aliphatic rings. The number of carbonyl (C=O) groups excluding carboxylic acids is 2. The molecule has 2 amide bonds. The van der Waals surface area contributed by atoms with Crippen LogP contribution in [0, 0.1) is 0 Å². The number of amides is 2. The van der Waals surface area contributed by atoms with Crippen molar-refractivity contribution in [3.8, 4) is 0 Å². The third-order valence-electron chi connectivity index (χ3n) is 3.36. The minimum absolute atomic E-state index is 0.0195. The number of hydrogen-bond acceptors (Lipinski definition) is 5. The second kappa shape index (κ2) is 5.45. The average Bonchev–Trinajstić information content (AvgIpc) is 2.66. The van der Waals surface area contributed by atoms with E-state index in [0.717, 1.165) is 9.21 Å². The van der Waals surface area contributed by atoms with Crippen molar-refractivity contribution in [1.29, 1.82) is 0 Å². The summed E-state index contributed by atoms with van der Waals surface area (Å²) in [7, 11) is 0.648. The molecule has 1 aromatic rings. The zero-order chi connectivity index (χ0) is 15.8. The van der Waals surface area contributed by atoms with E-state index in [9.17, 15) is 18.0 Å². The third kappa shape index (κ3) is 2.77. The lowest BCUT2D eigenvalue weighted by Gasteiger charge is -2.18. The Morgan fingerprint density at radius 2 is 1.86 bits per heavy atom. The number of imide groups is 1. The van der Waals surface area contributed by atoms with Crippen LogP contribution in [-0.2, 0) is 19.6 Å². The number of para-hydroxylation sites is 1. The quantitative estimate of drug-likeness (QED) is 0.797. The van der Waals surface area contributed by atoms with Gasteiger partial charge in [-0.05, 0) is 12.1 Å². The van der Waals surface area contributed by atoms with E-state index in [0.29, 0.717) is 5.69 Å². The molecule has 0 spiro atoms. The second-order valence-corrected chi connectivity index (χ2v) is 7.10. The second-order valence-electron chi connectivity index (χ2n) is 4.98. The van der Waals surface area contributed by atoms with Crippen molar-refractivity contribution in [2.24, 2.45) is 0 Å². The molecule has 8 heteroatoms. The summed E-state index contributed by atoms with van der Waals surface area (Å²) in [5.41, 5.74) is 0.313. The van der Waals surface area contributed by atoms with Gasteiger partial charge in [0.1, 0.15) is 10.9 Å². The molecular formula is C13H17N3O4S. The Balaban J connectivity index is 2.35. The smallest absolute Gasteiger partial charge is 0.251 e. The van der Waals surface area contributed by atoms with Gasteiger partial charge in [0.05, 0.1) is 12.1 Å². The number of likely N-dealkylation sites (tertiary alicyclic amines) is 1. The van der Waals surface area contributed by atoms with Crippen LogP contribution in [0.5, 0.6) is 0 Å². The fourth-order valence-corrected chi connectivity index (χ4v) is 3.11. The Morgan fingerprint density at radius 3 is 2.38 bits per heavy atom. The van der Waals surface area contributed by atoms with E-state index in [2.05, 4.69) is 5.32 Å². The predicted octanol–water partition coefficient (Wildman–Crippen LogP) is 0.106. The molecule has 0 aromatic heterocycles. The van der Waals surface area contributed by atoms with Gasteiger partial charge in [-0.15, -0.1) is 0 Å². The van der Waals surface area contributed by atoms with E-state index in [-0.39, 0.29) is 23.1 Å². The summed E-state index contributed by atoms with van der Waals surface area (Å²) in [6, 6.07) is 5.58. The van der Waals surface area contributed by atoms with Gasteiger partial charge in [0.25, 0.3) is 5.91 Å². The number of likely N-dealkylation sites (N-methyl/N-ethyl adjacent to an activating group) is 1. The van der Waals surface area contributed by atoms with Crippen LogP contribution in [0.2, 0.25) is 0 Å². The maximum atomic E-state index is 12.3. The molecule has 0 saturated carbocycles. The fraction of sp³-hybridized carbons (Fsp3) is 0.385. The van der Waals surface area contributed by atoms with E-state index in [1.54, 1.807) is 18.2 Å². The van der Waals surface area contributed by atoms with Gasteiger partial charge in [0, 0.05) is 21.1 Å². The van der Waals surface area contributed by atoms with Gasteiger partial charge in [-0.3, -0.25) is 14.5 Å². The summed E-state index contributed by atoms with van der Waals surface area (Å²) in [6.07, 6.45) is 0.0195. The predicted molar refractivity (Wildman–Crippen MR) is 77.1 cm³/mol. The fourth-order valence-electron chi connectivity index (χ4n) is 2.06. The molecule has 1 unspecified atom stereocenters. The number of anilines is 1. The van der Waals surface area contributed by atoms with E-state index in [1.807, 2.05) is 0 Å². The van der Waals surface area contributed by atoms with E-state index in [1.165, 1.54) is 27.2 Å². The highest BCUT2D eigenvalue weighted by atomic mass is 32.2. The Kier molecular flexibility index (Phi) is 4.02. The van der Waals surface area contributed by atoms with Gasteiger partial charge < -0.3 is 5.32 Å². The molecule has 114 valence electrons. The van der Waals surface area contributed by atoms with E-state index in [4.69, 9.17) is 0 Å². The van der Waals surface area contributed by atoms with Gasteiger partial charge >= 0.3 is 0 Å². The minimum atomic E-state index is -3.63. The summed E-state index contributed by atoms with van der Waals surface area (Å²) < 4.78 is 25.6. The van der Waals surface area contributed by atoms with E-state index < -0.39 is 16.1 Å². The van der Waals surface area contributed by atoms with Crippen molar-refractivity contribution in [3.05, 3.63) is 24.3 Å². The van der Waals surface area contributed by atoms with Gasteiger partial charge in [0.2, 0.25) is 15.9 Å². The third-order valence-corrected chi connectivity index (χ3v) is 5.23. The summed E-state index contributed by atoms with van der Waals surface area (Å²) in [5.74, 6) is -0.650. The molecule has 1 heterocycles. The molecule has 2 rings (SSSR count). The molecule has 1 N–H and O–H groups in total. The number of carbonyl (C=O) groups is 2. The molecule has 1 atom stereocenters. The number of nitrogens with one attached hydrogen (secondary N) is 1. The first-order valence-electron chi connectivity index (χ1n) is 6.33. The van der Waals surface area contributed by atoms with Gasteiger partial charge in [-0.2, -0.15) is 0 Å². The van der Waals surface area contributed by atoms with Gasteiger partial charge in [-0.1, -0.05) is 12.1 Å².